The van der Waals surface area contributed by atoms with Gasteiger partial charge in [0.25, 0.3) is 0 Å². The molecule has 8 heavy (non-hydrogen) atoms. The van der Waals surface area contributed by atoms with Crippen molar-refractivity contribution in [2.75, 3.05) is 11.5 Å². The molecule has 0 aromatic carbocycles. The SMILES string of the molecule is [Se]=C1CSC(=[Se])CS1. The number of rotatable bonds is 0. The maximum atomic E-state index is 3.03. The Morgan fingerprint density at radius 2 is 1.38 bits per heavy atom. The van der Waals surface area contributed by atoms with E-state index in [1.165, 1.54) is 7.50 Å². The Labute approximate surface area is 73.3 Å². The van der Waals surface area contributed by atoms with Crippen LogP contribution in [0, 0.1) is 0 Å². The molecule has 0 aromatic rings. The molecule has 1 aliphatic heterocycles. The van der Waals surface area contributed by atoms with Crippen molar-refractivity contribution in [2.24, 2.45) is 0 Å². The van der Waals surface area contributed by atoms with Crippen LogP contribution >= 0.6 is 23.5 Å². The minimum atomic E-state index is 1.15. The standard InChI is InChI=1S/C4H4S2Se2/c7-3-1-5-4(8)2-6-3/h1-2H2. The summed E-state index contributed by atoms with van der Waals surface area (Å²) < 4.78 is 2.85. The molecule has 1 fully saturated rings. The molecule has 0 spiro atoms. The molecule has 0 N–H and O–H groups in total. The average Bonchev–Trinajstić information content (AvgIpc) is 1.77. The molecule has 0 nitrogen and oxygen atoms in total. The summed E-state index contributed by atoms with van der Waals surface area (Å²) in [6.45, 7) is 0. The molecule has 0 radical (unpaired) electrons. The fourth-order valence-corrected chi connectivity index (χ4v) is 3.42. The van der Waals surface area contributed by atoms with Crippen LogP contribution in [0.4, 0.5) is 0 Å². The van der Waals surface area contributed by atoms with Crippen molar-refractivity contribution in [2.45, 2.75) is 0 Å². The monoisotopic (exact) mass is 276 g/mol. The summed E-state index contributed by atoms with van der Waals surface area (Å²) in [4.78, 5) is 0. The van der Waals surface area contributed by atoms with Crippen LogP contribution in [0.3, 0.4) is 0 Å². The van der Waals surface area contributed by atoms with E-state index in [1.807, 2.05) is 23.5 Å². The van der Waals surface area contributed by atoms with Crippen LogP contribution in [0.1, 0.15) is 0 Å². The minimum absolute atomic E-state index is 1.15. The predicted octanol–water partition coefficient (Wildman–Crippen LogP) is 0.0632. The summed E-state index contributed by atoms with van der Waals surface area (Å²) in [6, 6.07) is 0. The van der Waals surface area contributed by atoms with E-state index in [9.17, 15) is 0 Å². The summed E-state index contributed by atoms with van der Waals surface area (Å²) in [5, 5.41) is 0. The molecule has 0 atom stereocenters. The average molecular weight is 274 g/mol. The Kier molecular flexibility index (Phi) is 3.41. The molecular formula is C4H4S2Se2. The third-order valence-corrected chi connectivity index (χ3v) is 5.78. The quantitative estimate of drug-likeness (QED) is 0.573. The predicted molar refractivity (Wildman–Crippen MR) is 46.4 cm³/mol. The normalized spacial score (nSPS) is 21.5. The van der Waals surface area contributed by atoms with Gasteiger partial charge in [0.15, 0.2) is 0 Å². The van der Waals surface area contributed by atoms with Crippen LogP contribution in [0.15, 0.2) is 0 Å². The van der Waals surface area contributed by atoms with Gasteiger partial charge in [-0.25, -0.2) is 0 Å². The van der Waals surface area contributed by atoms with Gasteiger partial charge in [0, 0.05) is 0 Å². The topological polar surface area (TPSA) is 0 Å². The first-order valence-electron chi connectivity index (χ1n) is 2.10. The molecular weight excluding hydrogens is 270 g/mol. The fourth-order valence-electron chi connectivity index (χ4n) is 0.362. The van der Waals surface area contributed by atoms with Gasteiger partial charge in [0.05, 0.1) is 0 Å². The van der Waals surface area contributed by atoms with E-state index in [2.05, 4.69) is 31.2 Å². The Morgan fingerprint density at radius 3 is 1.62 bits per heavy atom. The summed E-state index contributed by atoms with van der Waals surface area (Å²) >= 11 is 9.86. The first-order chi connectivity index (χ1) is 3.79. The molecule has 0 unspecified atom stereocenters. The molecule has 1 saturated heterocycles. The Hall–Kier alpha value is 1.48. The van der Waals surface area contributed by atoms with Gasteiger partial charge in [-0.2, -0.15) is 0 Å². The van der Waals surface area contributed by atoms with E-state index in [4.69, 9.17) is 0 Å². The maximum absolute atomic E-state index is 3.03. The number of hydrogen-bond donors (Lipinski definition) is 0. The van der Waals surface area contributed by atoms with Crippen LogP contribution in [0.5, 0.6) is 0 Å². The molecule has 0 aromatic heterocycles. The van der Waals surface area contributed by atoms with E-state index in [-0.39, 0.29) is 0 Å². The first-order valence-corrected chi connectivity index (χ1v) is 5.79. The van der Waals surface area contributed by atoms with Crippen molar-refractivity contribution in [1.82, 2.24) is 0 Å². The second-order valence-electron chi connectivity index (χ2n) is 1.32. The zero-order valence-electron chi connectivity index (χ0n) is 4.05. The van der Waals surface area contributed by atoms with Crippen LogP contribution in [0.25, 0.3) is 0 Å². The van der Waals surface area contributed by atoms with Gasteiger partial charge < -0.3 is 0 Å². The molecule has 1 aliphatic rings. The van der Waals surface area contributed by atoms with Gasteiger partial charge >= 0.3 is 73.7 Å². The van der Waals surface area contributed by atoms with Gasteiger partial charge in [0.2, 0.25) is 0 Å². The van der Waals surface area contributed by atoms with Gasteiger partial charge in [0.1, 0.15) is 0 Å². The van der Waals surface area contributed by atoms with E-state index in [0.717, 1.165) is 11.5 Å². The molecule has 44 valence electrons. The Balaban J connectivity index is 2.40. The van der Waals surface area contributed by atoms with Crippen LogP contribution < -0.4 is 0 Å². The molecule has 0 aliphatic carbocycles. The summed E-state index contributed by atoms with van der Waals surface area (Å²) in [5.41, 5.74) is 0. The fraction of sp³-hybridized carbons (Fsp3) is 0.500. The van der Waals surface area contributed by atoms with E-state index < -0.39 is 0 Å². The van der Waals surface area contributed by atoms with Crippen LogP contribution in [-0.4, -0.2) is 50.2 Å². The van der Waals surface area contributed by atoms with Crippen molar-refractivity contribution in [3.63, 3.8) is 0 Å². The molecule has 0 bridgehead atoms. The van der Waals surface area contributed by atoms with Crippen molar-refractivity contribution in [1.29, 1.82) is 0 Å². The summed E-state index contributed by atoms with van der Waals surface area (Å²) in [7, 11) is 0. The van der Waals surface area contributed by atoms with E-state index in [0.29, 0.717) is 0 Å². The third-order valence-electron chi connectivity index (χ3n) is 0.702. The van der Waals surface area contributed by atoms with Crippen molar-refractivity contribution >= 4 is 62.2 Å². The molecule has 1 heterocycles. The molecule has 1 rings (SSSR count). The first kappa shape index (κ1) is 7.58. The molecule has 0 amide bonds. The zero-order valence-corrected chi connectivity index (χ0v) is 9.11. The van der Waals surface area contributed by atoms with Gasteiger partial charge in [-0.3, -0.25) is 0 Å². The van der Waals surface area contributed by atoms with Crippen molar-refractivity contribution in [3.8, 4) is 0 Å². The van der Waals surface area contributed by atoms with E-state index >= 15 is 0 Å². The summed E-state index contributed by atoms with van der Waals surface area (Å²) in [5.74, 6) is 2.29. The van der Waals surface area contributed by atoms with Crippen LogP contribution in [0.2, 0.25) is 0 Å². The zero-order chi connectivity index (χ0) is 5.98. The Morgan fingerprint density at radius 1 is 1.00 bits per heavy atom. The van der Waals surface area contributed by atoms with Gasteiger partial charge in [-0.05, 0) is 0 Å². The second kappa shape index (κ2) is 3.60. The van der Waals surface area contributed by atoms with Gasteiger partial charge in [-0.1, -0.05) is 0 Å². The van der Waals surface area contributed by atoms with Crippen molar-refractivity contribution in [3.05, 3.63) is 0 Å². The van der Waals surface area contributed by atoms with Crippen molar-refractivity contribution < 1.29 is 0 Å². The third kappa shape index (κ3) is 2.38. The number of thioether (sulfide) groups is 2. The van der Waals surface area contributed by atoms with Crippen LogP contribution in [-0.2, 0) is 0 Å². The molecule has 4 heteroatoms. The summed E-state index contributed by atoms with van der Waals surface area (Å²) in [6.07, 6.45) is 0. The molecule has 0 saturated carbocycles. The Bertz CT molecular complexity index is 104. The van der Waals surface area contributed by atoms with E-state index in [1.54, 1.807) is 0 Å². The van der Waals surface area contributed by atoms with Gasteiger partial charge in [-0.15, -0.1) is 0 Å². The second-order valence-corrected chi connectivity index (χ2v) is 6.70. The number of hydrogen-bond acceptors (Lipinski definition) is 2.